The molecule has 4 saturated heterocycles. The summed E-state index contributed by atoms with van der Waals surface area (Å²) in [5.74, 6) is -1.16. The number of piperazine rings is 1. The molecule has 9 rings (SSSR count). The van der Waals surface area contributed by atoms with Crippen molar-refractivity contribution in [1.82, 2.24) is 24.8 Å². The van der Waals surface area contributed by atoms with Gasteiger partial charge in [0.15, 0.2) is 5.82 Å². The summed E-state index contributed by atoms with van der Waals surface area (Å²) in [7, 11) is 3.31. The summed E-state index contributed by atoms with van der Waals surface area (Å²) in [6, 6.07) is 3.49. The minimum atomic E-state index is -5.03. The number of anilines is 2. The molecule has 16 heteroatoms. The molecule has 6 heterocycles. The summed E-state index contributed by atoms with van der Waals surface area (Å²) in [6.07, 6.45) is 2.88. The maximum Gasteiger partial charge on any atom is 0.471 e. The lowest BCUT2D eigenvalue weighted by Crippen LogP contribution is -2.72. The van der Waals surface area contributed by atoms with Gasteiger partial charge < -0.3 is 29.4 Å². The molecule has 2 unspecified atom stereocenters. The fourth-order valence-corrected chi connectivity index (χ4v) is 8.20. The molecule has 54 heavy (non-hydrogen) atoms. The highest BCUT2D eigenvalue weighted by Crippen LogP contribution is 2.48. The Labute approximate surface area is 306 Å². The number of amides is 1. The lowest BCUT2D eigenvalue weighted by molar-refractivity contribution is -0.199. The highest BCUT2D eigenvalue weighted by molar-refractivity contribution is 6.06. The van der Waals surface area contributed by atoms with Crippen LogP contribution >= 0.6 is 0 Å². The Morgan fingerprint density at radius 3 is 2.41 bits per heavy atom. The van der Waals surface area contributed by atoms with E-state index in [-0.39, 0.29) is 81.6 Å². The molecule has 5 fully saturated rings. The lowest BCUT2D eigenvalue weighted by atomic mass is 9.87. The largest absolute Gasteiger partial charge is 0.508 e. The Balaban J connectivity index is 1.25. The van der Waals surface area contributed by atoms with Crippen molar-refractivity contribution >= 4 is 39.2 Å². The molecule has 1 amide bonds. The molecule has 2 atom stereocenters. The van der Waals surface area contributed by atoms with Crippen LogP contribution in [0.1, 0.15) is 37.7 Å². The maximum atomic E-state index is 17.2. The van der Waals surface area contributed by atoms with E-state index in [0.29, 0.717) is 44.3 Å². The number of aromatic nitrogens is 3. The second-order valence-corrected chi connectivity index (χ2v) is 15.1. The van der Waals surface area contributed by atoms with Crippen LogP contribution in [0.3, 0.4) is 0 Å². The zero-order valence-corrected chi connectivity index (χ0v) is 29.6. The predicted molar refractivity (Wildman–Crippen MR) is 189 cm³/mol. The SMILES string of the molecule is C#Cc1c(F)ccc2cc(O)cc(-c3nc(N(C)C)c4c(N5CC6CC(C5)N6C(=O)C(F)(F)F)nc(OCC5(CN6CCC(F)CC6)CC5)nc4c3F)c12. The van der Waals surface area contributed by atoms with Gasteiger partial charge in [-0.25, -0.2) is 18.2 Å². The van der Waals surface area contributed by atoms with E-state index in [1.807, 2.05) is 0 Å². The van der Waals surface area contributed by atoms with E-state index in [1.54, 1.807) is 23.9 Å². The average Bonchev–Trinajstić information content (AvgIpc) is 3.90. The van der Waals surface area contributed by atoms with Crippen molar-refractivity contribution in [2.75, 3.05) is 63.2 Å². The number of phenolic OH excluding ortho intramolecular Hbond substituents is 1. The maximum absolute atomic E-state index is 17.2. The monoisotopic (exact) mass is 753 g/mol. The minimum absolute atomic E-state index is 0.0112. The van der Waals surface area contributed by atoms with Gasteiger partial charge in [-0.15, -0.1) is 6.42 Å². The van der Waals surface area contributed by atoms with Crippen LogP contribution in [-0.2, 0) is 4.79 Å². The minimum Gasteiger partial charge on any atom is -0.508 e. The first-order valence-electron chi connectivity index (χ1n) is 17.8. The number of carbonyl (C=O) groups is 1. The summed E-state index contributed by atoms with van der Waals surface area (Å²) in [6.45, 7) is 2.11. The number of benzene rings is 2. The quantitative estimate of drug-likeness (QED) is 0.177. The van der Waals surface area contributed by atoms with Gasteiger partial charge in [-0.2, -0.15) is 23.1 Å². The molecule has 4 aliphatic heterocycles. The third-order valence-electron chi connectivity index (χ3n) is 11.1. The number of likely N-dealkylation sites (tertiary alicyclic amines) is 1. The molecule has 2 aromatic heterocycles. The van der Waals surface area contributed by atoms with Crippen molar-refractivity contribution in [3.05, 3.63) is 41.5 Å². The predicted octanol–water partition coefficient (Wildman–Crippen LogP) is 5.82. The summed E-state index contributed by atoms with van der Waals surface area (Å²) in [4.78, 5) is 32.6. The third-order valence-corrected chi connectivity index (χ3v) is 11.1. The standard InChI is InChI=1S/C38H37F6N7O3/c1-4-25-27(40)6-5-20-13-24(52)15-26(28(20)25)31-30(41)32-29(33(45-31)48(2)3)34(50-16-22-14-23(17-50)51(22)35(53)38(42,43)44)47-36(46-32)54-19-37(9-10-37)18-49-11-7-21(39)8-12-49/h1,5-6,13,15,21-23,52H,7-12,14,16-19H2,2-3H3. The van der Waals surface area contributed by atoms with Crippen LogP contribution in [0.5, 0.6) is 11.8 Å². The van der Waals surface area contributed by atoms with Crippen molar-refractivity contribution in [2.24, 2.45) is 5.41 Å². The van der Waals surface area contributed by atoms with Crippen molar-refractivity contribution in [3.63, 3.8) is 0 Å². The van der Waals surface area contributed by atoms with Gasteiger partial charge in [0.1, 0.15) is 40.6 Å². The fourth-order valence-electron chi connectivity index (χ4n) is 8.20. The third kappa shape index (κ3) is 6.25. The Kier molecular flexibility index (Phi) is 8.70. The van der Waals surface area contributed by atoms with Gasteiger partial charge >= 0.3 is 18.1 Å². The van der Waals surface area contributed by atoms with Crippen LogP contribution in [-0.4, -0.2) is 114 Å². The summed E-state index contributed by atoms with van der Waals surface area (Å²) in [5, 5.41) is 11.3. The fraction of sp³-hybridized carbons (Fsp3) is 0.474. The van der Waals surface area contributed by atoms with Crippen molar-refractivity contribution in [2.45, 2.75) is 56.5 Å². The summed E-state index contributed by atoms with van der Waals surface area (Å²) < 4.78 is 92.7. The van der Waals surface area contributed by atoms with Crippen molar-refractivity contribution in [3.8, 4) is 35.4 Å². The number of phenols is 1. The first kappa shape index (κ1) is 36.0. The number of terminal acetylenes is 1. The first-order chi connectivity index (χ1) is 25.7. The molecule has 10 nitrogen and oxygen atoms in total. The highest BCUT2D eigenvalue weighted by Gasteiger charge is 2.55. The van der Waals surface area contributed by atoms with E-state index in [2.05, 4.69) is 20.8 Å². The van der Waals surface area contributed by atoms with Crippen molar-refractivity contribution in [1.29, 1.82) is 0 Å². The van der Waals surface area contributed by atoms with Gasteiger partial charge in [-0.1, -0.05) is 12.0 Å². The average molecular weight is 754 g/mol. The molecule has 2 bridgehead atoms. The normalized spacial score (nSPS) is 21.2. The topological polar surface area (TPSA) is 98.2 Å². The Morgan fingerprint density at radius 2 is 1.78 bits per heavy atom. The number of ether oxygens (including phenoxy) is 1. The zero-order valence-electron chi connectivity index (χ0n) is 29.6. The van der Waals surface area contributed by atoms with Gasteiger partial charge in [0.05, 0.1) is 29.6 Å². The molecule has 0 radical (unpaired) electrons. The van der Waals surface area contributed by atoms with Gasteiger partial charge in [-0.3, -0.25) is 4.79 Å². The zero-order chi connectivity index (χ0) is 38.3. The number of hydrogen-bond donors (Lipinski definition) is 1. The number of hydrogen-bond acceptors (Lipinski definition) is 9. The number of carbonyl (C=O) groups excluding carboxylic acids is 1. The Bertz CT molecular complexity index is 2200. The molecule has 0 spiro atoms. The van der Waals surface area contributed by atoms with Gasteiger partial charge in [0.25, 0.3) is 0 Å². The number of fused-ring (bicyclic) bond motifs is 4. The van der Waals surface area contributed by atoms with E-state index >= 15 is 8.78 Å². The van der Waals surface area contributed by atoms with E-state index in [9.17, 15) is 27.5 Å². The van der Waals surface area contributed by atoms with E-state index in [1.165, 1.54) is 18.2 Å². The number of halogens is 6. The molecule has 1 aliphatic carbocycles. The molecular weight excluding hydrogens is 716 g/mol. The van der Waals surface area contributed by atoms with Crippen LogP contribution in [0, 0.1) is 29.4 Å². The van der Waals surface area contributed by atoms with Gasteiger partial charge in [-0.05, 0) is 55.7 Å². The van der Waals surface area contributed by atoms with Crippen LogP contribution in [0.4, 0.5) is 38.0 Å². The van der Waals surface area contributed by atoms with E-state index in [0.717, 1.165) is 23.8 Å². The Morgan fingerprint density at radius 1 is 1.07 bits per heavy atom. The highest BCUT2D eigenvalue weighted by atomic mass is 19.4. The summed E-state index contributed by atoms with van der Waals surface area (Å²) >= 11 is 0. The number of rotatable bonds is 8. The molecule has 2 aromatic carbocycles. The van der Waals surface area contributed by atoms with Crippen molar-refractivity contribution < 1.29 is 41.0 Å². The molecule has 5 aliphatic rings. The Hall–Kier alpha value is -5.04. The van der Waals surface area contributed by atoms with Gasteiger partial charge in [0, 0.05) is 63.2 Å². The van der Waals surface area contributed by atoms with Crippen LogP contribution < -0.4 is 14.5 Å². The number of pyridine rings is 1. The number of alkyl halides is 4. The molecule has 284 valence electrons. The number of aromatic hydroxyl groups is 1. The second kappa shape index (κ2) is 13.1. The molecular formula is C38H37F6N7O3. The second-order valence-electron chi connectivity index (χ2n) is 15.1. The van der Waals surface area contributed by atoms with E-state index < -0.39 is 42.0 Å². The lowest BCUT2D eigenvalue weighted by Gasteiger charge is -2.56. The molecule has 4 aromatic rings. The molecule has 1 N–H and O–H groups in total. The number of nitrogens with zero attached hydrogens (tertiary/aromatic N) is 7. The smallest absolute Gasteiger partial charge is 0.471 e. The van der Waals surface area contributed by atoms with E-state index in [4.69, 9.17) is 16.1 Å². The van der Waals surface area contributed by atoms with Crippen LogP contribution in [0.25, 0.3) is 32.9 Å². The number of piperidine rings is 2. The van der Waals surface area contributed by atoms with Crippen LogP contribution in [0.2, 0.25) is 0 Å². The summed E-state index contributed by atoms with van der Waals surface area (Å²) in [5.41, 5.74) is -0.894. The molecule has 1 saturated carbocycles. The first-order valence-corrected chi connectivity index (χ1v) is 17.8. The van der Waals surface area contributed by atoms with Gasteiger partial charge in [0.2, 0.25) is 0 Å². The van der Waals surface area contributed by atoms with Crippen LogP contribution in [0.15, 0.2) is 24.3 Å².